The smallest absolute Gasteiger partial charge is 0.371 e. The Morgan fingerprint density at radius 3 is 2.59 bits per heavy atom. The van der Waals surface area contributed by atoms with Crippen LogP contribution in [-0.4, -0.2) is 19.5 Å². The van der Waals surface area contributed by atoms with Gasteiger partial charge in [-0.1, -0.05) is 6.07 Å². The van der Waals surface area contributed by atoms with E-state index < -0.39 is 15.0 Å². The molecule has 0 aliphatic rings. The van der Waals surface area contributed by atoms with Crippen LogP contribution in [0.1, 0.15) is 16.1 Å². The fraction of sp³-hybridized carbons (Fsp3) is 0.100. The average Bonchev–Trinajstić information content (AvgIpc) is 2.61. The predicted molar refractivity (Wildman–Crippen MR) is 60.9 cm³/mol. The molecule has 2 rings (SSSR count). The molecule has 17 heavy (non-hydrogen) atoms. The number of aryl methyl sites for hydroxylation is 1. The Hall–Kier alpha value is -1.53. The largest absolute Gasteiger partial charge is 0.475 e. The summed E-state index contributed by atoms with van der Waals surface area (Å²) in [6.07, 6.45) is 0. The van der Waals surface area contributed by atoms with Gasteiger partial charge in [0, 0.05) is 22.1 Å². The van der Waals surface area contributed by atoms with Crippen molar-refractivity contribution < 1.29 is 22.7 Å². The van der Waals surface area contributed by atoms with Crippen LogP contribution in [0.4, 0.5) is 0 Å². The van der Waals surface area contributed by atoms with Crippen LogP contribution >= 0.6 is 10.7 Å². The van der Waals surface area contributed by atoms with Crippen molar-refractivity contribution in [2.75, 3.05) is 0 Å². The van der Waals surface area contributed by atoms with E-state index in [1.165, 1.54) is 12.1 Å². The number of benzene rings is 1. The Balaban J connectivity index is 2.90. The number of carboxylic acid groups (broad SMARTS) is 1. The first-order valence-electron chi connectivity index (χ1n) is 4.52. The van der Waals surface area contributed by atoms with Crippen LogP contribution in [-0.2, 0) is 9.05 Å². The van der Waals surface area contributed by atoms with E-state index >= 15 is 0 Å². The van der Waals surface area contributed by atoms with Crippen molar-refractivity contribution in [2.24, 2.45) is 0 Å². The molecule has 1 aromatic carbocycles. The lowest BCUT2D eigenvalue weighted by molar-refractivity contribution is 0.0665. The molecule has 0 unspecified atom stereocenters. The van der Waals surface area contributed by atoms with Crippen molar-refractivity contribution in [3.8, 4) is 0 Å². The van der Waals surface area contributed by atoms with Gasteiger partial charge in [-0.05, 0) is 18.6 Å². The molecule has 5 nitrogen and oxygen atoms in total. The second-order valence-corrected chi connectivity index (χ2v) is 6.01. The SMILES string of the molecule is Cc1ccc(S(=O)(=O)Cl)c2cc(C(=O)O)oc12. The van der Waals surface area contributed by atoms with E-state index in [1.54, 1.807) is 6.92 Å². The zero-order valence-electron chi connectivity index (χ0n) is 8.60. The molecule has 7 heteroatoms. The first-order chi connectivity index (χ1) is 7.80. The number of halogens is 1. The summed E-state index contributed by atoms with van der Waals surface area (Å²) < 4.78 is 27.7. The molecule has 0 spiro atoms. The third-order valence-electron chi connectivity index (χ3n) is 2.31. The minimum Gasteiger partial charge on any atom is -0.475 e. The highest BCUT2D eigenvalue weighted by molar-refractivity contribution is 8.14. The highest BCUT2D eigenvalue weighted by atomic mass is 35.7. The van der Waals surface area contributed by atoms with Gasteiger partial charge in [-0.25, -0.2) is 13.2 Å². The summed E-state index contributed by atoms with van der Waals surface area (Å²) in [6, 6.07) is 3.98. The van der Waals surface area contributed by atoms with Gasteiger partial charge in [-0.2, -0.15) is 0 Å². The van der Waals surface area contributed by atoms with Gasteiger partial charge in [-0.3, -0.25) is 0 Å². The van der Waals surface area contributed by atoms with E-state index in [0.717, 1.165) is 6.07 Å². The molecule has 0 atom stereocenters. The summed E-state index contributed by atoms with van der Waals surface area (Å²) in [7, 11) is 1.32. The number of fused-ring (bicyclic) bond motifs is 1. The minimum absolute atomic E-state index is 0.156. The van der Waals surface area contributed by atoms with E-state index in [-0.39, 0.29) is 21.6 Å². The summed E-state index contributed by atoms with van der Waals surface area (Å²) in [4.78, 5) is 10.6. The number of hydrogen-bond acceptors (Lipinski definition) is 4. The molecule has 0 saturated heterocycles. The van der Waals surface area contributed by atoms with Crippen LogP contribution in [0.3, 0.4) is 0 Å². The average molecular weight is 275 g/mol. The Bertz CT molecular complexity index is 714. The normalized spacial score (nSPS) is 11.9. The summed E-state index contributed by atoms with van der Waals surface area (Å²) in [5, 5.41) is 8.97. The first kappa shape index (κ1) is 11.9. The topological polar surface area (TPSA) is 84.6 Å². The second-order valence-electron chi connectivity index (χ2n) is 3.48. The maximum Gasteiger partial charge on any atom is 0.371 e. The highest BCUT2D eigenvalue weighted by Crippen LogP contribution is 2.30. The van der Waals surface area contributed by atoms with Gasteiger partial charge in [0.1, 0.15) is 5.58 Å². The van der Waals surface area contributed by atoms with Crippen LogP contribution < -0.4 is 0 Å². The molecule has 1 N–H and O–H groups in total. The van der Waals surface area contributed by atoms with Gasteiger partial charge < -0.3 is 9.52 Å². The molecule has 90 valence electrons. The van der Waals surface area contributed by atoms with Gasteiger partial charge in [0.15, 0.2) is 0 Å². The minimum atomic E-state index is -3.94. The van der Waals surface area contributed by atoms with E-state index in [2.05, 4.69) is 0 Å². The number of hydrogen-bond donors (Lipinski definition) is 1. The maximum absolute atomic E-state index is 11.3. The second kappa shape index (κ2) is 3.75. The first-order valence-corrected chi connectivity index (χ1v) is 6.83. The fourth-order valence-corrected chi connectivity index (χ4v) is 2.60. The maximum atomic E-state index is 11.3. The van der Waals surface area contributed by atoms with Gasteiger partial charge in [0.25, 0.3) is 9.05 Å². The molecule has 2 aromatic rings. The van der Waals surface area contributed by atoms with E-state index in [4.69, 9.17) is 20.2 Å². The molecule has 1 heterocycles. The highest BCUT2D eigenvalue weighted by Gasteiger charge is 2.20. The van der Waals surface area contributed by atoms with Gasteiger partial charge in [0.05, 0.1) is 4.90 Å². The van der Waals surface area contributed by atoms with Crippen molar-refractivity contribution in [3.63, 3.8) is 0 Å². The van der Waals surface area contributed by atoms with Crippen molar-refractivity contribution in [1.29, 1.82) is 0 Å². The molecule has 0 aliphatic carbocycles. The van der Waals surface area contributed by atoms with Crippen molar-refractivity contribution in [1.82, 2.24) is 0 Å². The molecule has 0 aliphatic heterocycles. The zero-order chi connectivity index (χ0) is 12.8. The quantitative estimate of drug-likeness (QED) is 0.850. The molecule has 1 aromatic heterocycles. The molecule has 0 fully saturated rings. The number of aromatic carboxylic acids is 1. The van der Waals surface area contributed by atoms with Crippen LogP contribution in [0.5, 0.6) is 0 Å². The van der Waals surface area contributed by atoms with Crippen LogP contribution in [0.25, 0.3) is 11.0 Å². The predicted octanol–water partition coefficient (Wildman–Crippen LogP) is 2.37. The lowest BCUT2D eigenvalue weighted by atomic mass is 10.2. The van der Waals surface area contributed by atoms with Crippen LogP contribution in [0.15, 0.2) is 27.5 Å². The number of carboxylic acids is 1. The summed E-state index contributed by atoms with van der Waals surface area (Å²) in [5.41, 5.74) is 0.848. The molecule has 0 radical (unpaired) electrons. The summed E-state index contributed by atoms with van der Waals surface area (Å²) >= 11 is 0. The Labute approximate surface area is 101 Å². The molecular formula is C10H7ClO5S. The Kier molecular flexibility index (Phi) is 2.63. The van der Waals surface area contributed by atoms with E-state index in [1.807, 2.05) is 0 Å². The number of carbonyl (C=O) groups is 1. The van der Waals surface area contributed by atoms with Crippen LogP contribution in [0, 0.1) is 6.92 Å². The molecule has 0 bridgehead atoms. The summed E-state index contributed by atoms with van der Waals surface area (Å²) in [5.74, 6) is -1.59. The number of rotatable bonds is 2. The van der Waals surface area contributed by atoms with Crippen molar-refractivity contribution in [2.45, 2.75) is 11.8 Å². The van der Waals surface area contributed by atoms with Crippen LogP contribution in [0.2, 0.25) is 0 Å². The van der Waals surface area contributed by atoms with Crippen molar-refractivity contribution >= 4 is 36.7 Å². The molecular weight excluding hydrogens is 268 g/mol. The lowest BCUT2D eigenvalue weighted by Gasteiger charge is -1.99. The lowest BCUT2D eigenvalue weighted by Crippen LogP contribution is -1.92. The van der Waals surface area contributed by atoms with Gasteiger partial charge in [0.2, 0.25) is 5.76 Å². The third-order valence-corrected chi connectivity index (χ3v) is 3.69. The fourth-order valence-electron chi connectivity index (χ4n) is 1.55. The molecule has 0 saturated carbocycles. The Morgan fingerprint density at radius 1 is 1.41 bits per heavy atom. The van der Waals surface area contributed by atoms with E-state index in [9.17, 15) is 13.2 Å². The molecule has 0 amide bonds. The summed E-state index contributed by atoms with van der Waals surface area (Å²) in [6.45, 7) is 1.68. The zero-order valence-corrected chi connectivity index (χ0v) is 10.2. The van der Waals surface area contributed by atoms with Crippen molar-refractivity contribution in [3.05, 3.63) is 29.5 Å². The standard InChI is InChI=1S/C10H7ClO5S/c1-5-2-3-8(17(11,14)15)6-4-7(10(12)13)16-9(5)6/h2-4H,1H3,(H,12,13). The van der Waals surface area contributed by atoms with Gasteiger partial charge >= 0.3 is 5.97 Å². The van der Waals surface area contributed by atoms with Gasteiger partial charge in [-0.15, -0.1) is 0 Å². The van der Waals surface area contributed by atoms with E-state index in [0.29, 0.717) is 5.56 Å². The monoisotopic (exact) mass is 274 g/mol. The number of furan rings is 1. The third kappa shape index (κ3) is 2.01. The Morgan fingerprint density at radius 2 is 2.06 bits per heavy atom.